The number of nitrogens with zero attached hydrogens (tertiary/aromatic N) is 2. The fourth-order valence-electron chi connectivity index (χ4n) is 2.80. The van der Waals surface area contributed by atoms with Crippen molar-refractivity contribution < 1.29 is 4.74 Å². The molecule has 21 heavy (non-hydrogen) atoms. The number of H-pyrrole nitrogens is 1. The standard InChI is InChI=1S/C15H16ClN3O2/c1-21-11-6-4-10(5-7-11)12-3-2-8-19(12)13-9-17-18-15(20)14(13)16/h4-7,9,12H,2-3,8H2,1H3,(H,18,20)/t12-/m0/s1. The molecule has 0 spiro atoms. The molecule has 0 unspecified atom stereocenters. The molecule has 1 fully saturated rings. The van der Waals surface area contributed by atoms with Crippen molar-refractivity contribution in [3.05, 3.63) is 51.4 Å². The van der Waals surface area contributed by atoms with E-state index >= 15 is 0 Å². The molecule has 110 valence electrons. The minimum Gasteiger partial charge on any atom is -0.497 e. The van der Waals surface area contributed by atoms with Crippen molar-refractivity contribution in [2.24, 2.45) is 0 Å². The van der Waals surface area contributed by atoms with E-state index in [1.807, 2.05) is 12.1 Å². The van der Waals surface area contributed by atoms with E-state index in [0.717, 1.165) is 25.1 Å². The summed E-state index contributed by atoms with van der Waals surface area (Å²) in [6.07, 6.45) is 3.70. The Kier molecular flexibility index (Phi) is 3.84. The fraction of sp³-hybridized carbons (Fsp3) is 0.333. The van der Waals surface area contributed by atoms with Gasteiger partial charge >= 0.3 is 0 Å². The molecule has 1 N–H and O–H groups in total. The lowest BCUT2D eigenvalue weighted by Gasteiger charge is -2.27. The number of halogens is 1. The van der Waals surface area contributed by atoms with E-state index in [2.05, 4.69) is 27.2 Å². The lowest BCUT2D eigenvalue weighted by atomic mass is 10.0. The maximum atomic E-state index is 11.6. The minimum absolute atomic E-state index is 0.199. The summed E-state index contributed by atoms with van der Waals surface area (Å²) in [7, 11) is 1.65. The van der Waals surface area contributed by atoms with Crippen LogP contribution < -0.4 is 15.2 Å². The molecule has 5 nitrogen and oxygen atoms in total. The highest BCUT2D eigenvalue weighted by atomic mass is 35.5. The summed E-state index contributed by atoms with van der Waals surface area (Å²) < 4.78 is 5.19. The van der Waals surface area contributed by atoms with Crippen LogP contribution in [-0.4, -0.2) is 23.9 Å². The van der Waals surface area contributed by atoms with Gasteiger partial charge in [-0.15, -0.1) is 0 Å². The van der Waals surface area contributed by atoms with Gasteiger partial charge in [0, 0.05) is 6.54 Å². The average Bonchev–Trinajstić information content (AvgIpc) is 2.99. The van der Waals surface area contributed by atoms with Gasteiger partial charge in [0.2, 0.25) is 0 Å². The highest BCUT2D eigenvalue weighted by molar-refractivity contribution is 6.33. The number of aromatic nitrogens is 2. The molecule has 0 bridgehead atoms. The number of benzene rings is 1. The van der Waals surface area contributed by atoms with Crippen LogP contribution >= 0.6 is 11.6 Å². The van der Waals surface area contributed by atoms with Crippen molar-refractivity contribution in [2.45, 2.75) is 18.9 Å². The van der Waals surface area contributed by atoms with Gasteiger partial charge in [0.25, 0.3) is 5.56 Å². The number of methoxy groups -OCH3 is 1. The molecule has 3 rings (SSSR count). The predicted molar refractivity (Wildman–Crippen MR) is 82.2 cm³/mol. The third kappa shape index (κ3) is 2.61. The SMILES string of the molecule is COc1ccc([C@@H]2CCCN2c2cn[nH]c(=O)c2Cl)cc1. The average molecular weight is 306 g/mol. The van der Waals surface area contributed by atoms with Gasteiger partial charge in [0.05, 0.1) is 25.0 Å². The van der Waals surface area contributed by atoms with Crippen molar-refractivity contribution >= 4 is 17.3 Å². The zero-order chi connectivity index (χ0) is 14.8. The maximum Gasteiger partial charge on any atom is 0.285 e. The molecule has 0 radical (unpaired) electrons. The zero-order valence-corrected chi connectivity index (χ0v) is 12.4. The Morgan fingerprint density at radius 1 is 1.38 bits per heavy atom. The zero-order valence-electron chi connectivity index (χ0n) is 11.7. The third-order valence-corrected chi connectivity index (χ3v) is 4.21. The van der Waals surface area contributed by atoms with Gasteiger partial charge in [-0.25, -0.2) is 5.10 Å². The third-order valence-electron chi connectivity index (χ3n) is 3.84. The van der Waals surface area contributed by atoms with E-state index in [1.54, 1.807) is 13.3 Å². The second-order valence-corrected chi connectivity index (χ2v) is 5.40. The van der Waals surface area contributed by atoms with E-state index in [0.29, 0.717) is 5.69 Å². The van der Waals surface area contributed by atoms with Crippen LogP contribution in [0.15, 0.2) is 35.3 Å². The molecule has 2 aromatic rings. The first-order valence-electron chi connectivity index (χ1n) is 6.84. The first-order chi connectivity index (χ1) is 10.2. The number of ether oxygens (including phenoxy) is 1. The highest BCUT2D eigenvalue weighted by Gasteiger charge is 2.28. The Balaban J connectivity index is 1.94. The molecule has 1 aromatic carbocycles. The van der Waals surface area contributed by atoms with Crippen molar-refractivity contribution in [3.63, 3.8) is 0 Å². The Labute approximate surface area is 127 Å². The van der Waals surface area contributed by atoms with Crippen molar-refractivity contribution in [2.75, 3.05) is 18.6 Å². The lowest BCUT2D eigenvalue weighted by Crippen LogP contribution is -2.25. The molecule has 1 atom stereocenters. The monoisotopic (exact) mass is 305 g/mol. The molecule has 1 aliphatic rings. The Hall–Kier alpha value is -2.01. The molecule has 0 aliphatic carbocycles. The Bertz CT molecular complexity index is 684. The van der Waals surface area contributed by atoms with Gasteiger partial charge in [-0.05, 0) is 30.5 Å². The van der Waals surface area contributed by atoms with Gasteiger partial charge in [0.15, 0.2) is 0 Å². The quantitative estimate of drug-likeness (QED) is 0.947. The molecule has 0 amide bonds. The number of rotatable bonds is 3. The highest BCUT2D eigenvalue weighted by Crippen LogP contribution is 2.38. The molecular formula is C15H16ClN3O2. The van der Waals surface area contributed by atoms with E-state index in [4.69, 9.17) is 16.3 Å². The Morgan fingerprint density at radius 3 is 2.86 bits per heavy atom. The van der Waals surface area contributed by atoms with Crippen molar-refractivity contribution in [1.29, 1.82) is 0 Å². The van der Waals surface area contributed by atoms with E-state index in [1.165, 1.54) is 5.56 Å². The summed E-state index contributed by atoms with van der Waals surface area (Å²) in [6.45, 7) is 0.863. The normalized spacial score (nSPS) is 18.0. The van der Waals surface area contributed by atoms with Gasteiger partial charge in [0.1, 0.15) is 10.8 Å². The van der Waals surface area contributed by atoms with Crippen LogP contribution in [0.25, 0.3) is 0 Å². The second kappa shape index (κ2) is 5.77. The number of hydrogen-bond donors (Lipinski definition) is 1. The van der Waals surface area contributed by atoms with Crippen molar-refractivity contribution in [3.8, 4) is 5.75 Å². The van der Waals surface area contributed by atoms with Crippen LogP contribution in [0.4, 0.5) is 5.69 Å². The first kappa shape index (κ1) is 13.9. The molecule has 0 saturated carbocycles. The predicted octanol–water partition coefficient (Wildman–Crippen LogP) is 2.77. The lowest BCUT2D eigenvalue weighted by molar-refractivity contribution is 0.414. The van der Waals surface area contributed by atoms with Crippen LogP contribution in [0.1, 0.15) is 24.4 Å². The largest absolute Gasteiger partial charge is 0.497 e. The maximum absolute atomic E-state index is 11.6. The smallest absolute Gasteiger partial charge is 0.285 e. The molecule has 1 saturated heterocycles. The van der Waals surface area contributed by atoms with Crippen LogP contribution in [0, 0.1) is 0 Å². The fourth-order valence-corrected chi connectivity index (χ4v) is 3.00. The topological polar surface area (TPSA) is 58.2 Å². The summed E-state index contributed by atoms with van der Waals surface area (Å²) in [4.78, 5) is 13.8. The summed E-state index contributed by atoms with van der Waals surface area (Å²) in [5.41, 5.74) is 1.53. The van der Waals surface area contributed by atoms with Crippen LogP contribution in [-0.2, 0) is 0 Å². The summed E-state index contributed by atoms with van der Waals surface area (Å²) in [6, 6.07) is 8.21. The van der Waals surface area contributed by atoms with Crippen molar-refractivity contribution in [1.82, 2.24) is 10.2 Å². The van der Waals surface area contributed by atoms with E-state index < -0.39 is 0 Å². The molecule has 1 aliphatic heterocycles. The first-order valence-corrected chi connectivity index (χ1v) is 7.22. The summed E-state index contributed by atoms with van der Waals surface area (Å²) in [5.74, 6) is 0.833. The molecule has 1 aromatic heterocycles. The molecular weight excluding hydrogens is 290 g/mol. The van der Waals surface area contributed by atoms with Gasteiger partial charge in [-0.3, -0.25) is 4.79 Å². The Morgan fingerprint density at radius 2 is 2.14 bits per heavy atom. The van der Waals surface area contributed by atoms with Gasteiger partial charge in [-0.2, -0.15) is 5.10 Å². The van der Waals surface area contributed by atoms with E-state index in [-0.39, 0.29) is 16.6 Å². The van der Waals surface area contributed by atoms with Crippen LogP contribution in [0.5, 0.6) is 5.75 Å². The van der Waals surface area contributed by atoms with Gasteiger partial charge in [-0.1, -0.05) is 23.7 Å². The molecule has 2 heterocycles. The number of anilines is 1. The number of aromatic amines is 1. The second-order valence-electron chi connectivity index (χ2n) is 5.02. The minimum atomic E-state index is -0.352. The summed E-state index contributed by atoms with van der Waals surface area (Å²) in [5, 5.41) is 6.41. The number of nitrogens with one attached hydrogen (secondary N) is 1. The molecule has 6 heteroatoms. The summed E-state index contributed by atoms with van der Waals surface area (Å²) >= 11 is 6.13. The van der Waals surface area contributed by atoms with Gasteiger partial charge < -0.3 is 9.64 Å². The van der Waals surface area contributed by atoms with E-state index in [9.17, 15) is 4.79 Å². The van der Waals surface area contributed by atoms with Crippen LogP contribution in [0.2, 0.25) is 5.02 Å². The van der Waals surface area contributed by atoms with Crippen LogP contribution in [0.3, 0.4) is 0 Å². The number of hydrogen-bond acceptors (Lipinski definition) is 4.